The van der Waals surface area contributed by atoms with Crippen LogP contribution in [-0.4, -0.2) is 22.6 Å². The lowest BCUT2D eigenvalue weighted by atomic mass is 9.90. The van der Waals surface area contributed by atoms with Gasteiger partial charge >= 0.3 is 5.97 Å². The molecule has 1 heterocycles. The average Bonchev–Trinajstić information content (AvgIpc) is 3.59. The van der Waals surface area contributed by atoms with Crippen molar-refractivity contribution in [2.45, 2.75) is 56.8 Å². The highest BCUT2D eigenvalue weighted by Gasteiger charge is 2.49. The highest BCUT2D eigenvalue weighted by Crippen LogP contribution is 2.50. The van der Waals surface area contributed by atoms with Gasteiger partial charge in [-0.15, -0.1) is 0 Å². The Bertz CT molecular complexity index is 1060. The summed E-state index contributed by atoms with van der Waals surface area (Å²) in [4.78, 5) is 34.1. The number of carbonyl (C=O) groups excluding carboxylic acids is 3. The zero-order valence-electron chi connectivity index (χ0n) is 17.2. The molecule has 156 valence electrons. The molecular weight excluding hydrogens is 382 g/mol. The quantitative estimate of drug-likeness (QED) is 0.348. The summed E-state index contributed by atoms with van der Waals surface area (Å²) in [5.41, 5.74) is 8.24. The Morgan fingerprint density at radius 2 is 1.47 bits per heavy atom. The second kappa shape index (κ2) is 6.97. The number of nitrogens with two attached hydrogens (primary N) is 1. The van der Waals surface area contributed by atoms with Crippen molar-refractivity contribution in [3.05, 3.63) is 53.1 Å². The van der Waals surface area contributed by atoms with Crippen molar-refractivity contribution in [2.24, 2.45) is 0 Å². The van der Waals surface area contributed by atoms with Crippen molar-refractivity contribution in [3.8, 4) is 11.5 Å². The van der Waals surface area contributed by atoms with E-state index in [-0.39, 0.29) is 34.1 Å². The molecule has 0 atom stereocenters. The lowest BCUT2D eigenvalue weighted by molar-refractivity contribution is -0.132. The van der Waals surface area contributed by atoms with Gasteiger partial charge in [0.25, 0.3) is 0 Å². The number of nitrogen functional groups attached to an aromatic ring is 1. The number of rotatable bonds is 4. The van der Waals surface area contributed by atoms with Crippen molar-refractivity contribution in [2.75, 3.05) is 5.73 Å². The average molecular weight is 407 g/mol. The number of hydrogen-bond acceptors (Lipinski definition) is 6. The number of esters is 1. The van der Waals surface area contributed by atoms with E-state index in [1.165, 1.54) is 0 Å². The van der Waals surface area contributed by atoms with E-state index in [1.807, 2.05) is 12.1 Å². The first-order chi connectivity index (χ1) is 14.2. The van der Waals surface area contributed by atoms with E-state index in [9.17, 15) is 19.5 Å². The van der Waals surface area contributed by atoms with E-state index >= 15 is 0 Å². The summed E-state index contributed by atoms with van der Waals surface area (Å²) in [5.74, 6) is 0.918. The van der Waals surface area contributed by atoms with Gasteiger partial charge in [-0.2, -0.15) is 0 Å². The molecule has 0 bridgehead atoms. The molecule has 2 aliphatic carbocycles. The van der Waals surface area contributed by atoms with Crippen molar-refractivity contribution in [3.63, 3.8) is 0 Å². The van der Waals surface area contributed by atoms with Crippen LogP contribution < -0.4 is 10.5 Å². The molecule has 2 aromatic carbocycles. The van der Waals surface area contributed by atoms with Gasteiger partial charge in [0.05, 0.1) is 22.9 Å². The number of aromatic hydroxyl groups is 1. The smallest absolute Gasteiger partial charge is 0.315 e. The van der Waals surface area contributed by atoms with Crippen molar-refractivity contribution in [1.82, 2.24) is 0 Å². The SMILES string of the molecule is CC(=O)C1(c2ccc(O)c(N)c2)CC1.CC(=O)C1(c2ccc3c(c2)CC(=O)O3)CC1. The maximum absolute atomic E-state index is 11.6. The molecule has 0 radical (unpaired) electrons. The minimum absolute atomic E-state index is 0.0769. The molecule has 6 nitrogen and oxygen atoms in total. The van der Waals surface area contributed by atoms with Crippen LogP contribution in [0.25, 0.3) is 0 Å². The van der Waals surface area contributed by atoms with Gasteiger partial charge in [-0.1, -0.05) is 18.2 Å². The molecule has 0 aromatic heterocycles. The van der Waals surface area contributed by atoms with E-state index in [1.54, 1.807) is 38.1 Å². The Kier molecular flexibility index (Phi) is 4.68. The maximum atomic E-state index is 11.6. The first-order valence-corrected chi connectivity index (χ1v) is 10.1. The van der Waals surface area contributed by atoms with Crippen LogP contribution in [-0.2, 0) is 31.6 Å². The van der Waals surface area contributed by atoms with Gasteiger partial charge in [-0.3, -0.25) is 14.4 Å². The zero-order valence-corrected chi connectivity index (χ0v) is 17.2. The Hall–Kier alpha value is -3.15. The fourth-order valence-corrected chi connectivity index (χ4v) is 4.22. The normalized spacial score (nSPS) is 19.1. The lowest BCUT2D eigenvalue weighted by Crippen LogP contribution is -2.16. The fraction of sp³-hybridized carbons (Fsp3) is 0.375. The Balaban J connectivity index is 0.000000147. The standard InChI is InChI=1S/C13H12O3.C11H13NO2/c1-8(14)13(4-5-13)10-2-3-11-9(6-10)7-12(15)16-11;1-7(13)11(4-5-11)8-2-3-10(14)9(12)6-8/h2-3,6H,4-5,7H2,1H3;2-3,6,14H,4-5,12H2,1H3. The van der Waals surface area contributed by atoms with Crippen molar-refractivity contribution in [1.29, 1.82) is 0 Å². The number of ether oxygens (including phenoxy) is 1. The Morgan fingerprint density at radius 1 is 0.933 bits per heavy atom. The molecule has 0 saturated heterocycles. The third kappa shape index (κ3) is 3.36. The minimum Gasteiger partial charge on any atom is -0.506 e. The van der Waals surface area contributed by atoms with Crippen molar-refractivity contribution >= 4 is 23.2 Å². The highest BCUT2D eigenvalue weighted by molar-refractivity contribution is 5.92. The predicted molar refractivity (Wildman–Crippen MR) is 111 cm³/mol. The number of Topliss-reactive ketones (excluding diaryl/α,β-unsaturated/α-hetero) is 2. The number of carbonyl (C=O) groups is 3. The van der Waals surface area contributed by atoms with Gasteiger partial charge in [0.2, 0.25) is 0 Å². The summed E-state index contributed by atoms with van der Waals surface area (Å²) in [7, 11) is 0. The number of phenolic OH excluding ortho intramolecular Hbond substituents is 1. The van der Waals surface area contributed by atoms with Gasteiger partial charge in [0, 0.05) is 5.56 Å². The van der Waals surface area contributed by atoms with Crippen LogP contribution in [0.15, 0.2) is 36.4 Å². The molecule has 2 aromatic rings. The maximum Gasteiger partial charge on any atom is 0.315 e. The summed E-state index contributed by atoms with van der Waals surface area (Å²) in [6, 6.07) is 10.7. The van der Waals surface area contributed by atoms with Crippen LogP contribution in [0, 0.1) is 0 Å². The second-order valence-electron chi connectivity index (χ2n) is 8.52. The lowest BCUT2D eigenvalue weighted by Gasteiger charge is -2.12. The summed E-state index contributed by atoms with van der Waals surface area (Å²) >= 11 is 0. The number of benzene rings is 2. The molecule has 2 saturated carbocycles. The largest absolute Gasteiger partial charge is 0.506 e. The van der Waals surface area contributed by atoms with E-state index in [4.69, 9.17) is 10.5 Å². The van der Waals surface area contributed by atoms with Gasteiger partial charge in [0.15, 0.2) is 0 Å². The predicted octanol–water partition coefficient (Wildman–Crippen LogP) is 3.36. The minimum atomic E-state index is -0.304. The van der Waals surface area contributed by atoms with Crippen molar-refractivity contribution < 1.29 is 24.2 Å². The summed E-state index contributed by atoms with van der Waals surface area (Å²) < 4.78 is 5.03. The van der Waals surface area contributed by atoms with Crippen LogP contribution in [0.5, 0.6) is 11.5 Å². The summed E-state index contributed by atoms with van der Waals surface area (Å²) in [5, 5.41) is 9.26. The molecule has 6 heteroatoms. The second-order valence-corrected chi connectivity index (χ2v) is 8.52. The first-order valence-electron chi connectivity index (χ1n) is 10.1. The van der Waals surface area contributed by atoms with E-state index < -0.39 is 0 Å². The van der Waals surface area contributed by atoms with Crippen LogP contribution in [0.4, 0.5) is 5.69 Å². The van der Waals surface area contributed by atoms with Crippen LogP contribution in [0.3, 0.4) is 0 Å². The third-order valence-corrected chi connectivity index (χ3v) is 6.60. The number of fused-ring (bicyclic) bond motifs is 1. The van der Waals surface area contributed by atoms with E-state index in [2.05, 4.69) is 0 Å². The topological polar surface area (TPSA) is 107 Å². The molecule has 0 unspecified atom stereocenters. The number of anilines is 1. The zero-order chi connectivity index (χ0) is 21.7. The molecule has 0 amide bonds. The van der Waals surface area contributed by atoms with E-state index in [0.717, 1.165) is 42.4 Å². The molecule has 5 rings (SSSR count). The van der Waals surface area contributed by atoms with Gasteiger partial charge in [-0.25, -0.2) is 0 Å². The highest BCUT2D eigenvalue weighted by atomic mass is 16.5. The van der Waals surface area contributed by atoms with Gasteiger partial charge < -0.3 is 15.6 Å². The molecule has 30 heavy (non-hydrogen) atoms. The van der Waals surface area contributed by atoms with Crippen LogP contribution in [0.2, 0.25) is 0 Å². The fourth-order valence-electron chi connectivity index (χ4n) is 4.22. The first kappa shape index (κ1) is 20.1. The number of phenols is 1. The summed E-state index contributed by atoms with van der Waals surface area (Å²) in [6.07, 6.45) is 3.97. The van der Waals surface area contributed by atoms with Crippen LogP contribution >= 0.6 is 0 Å². The molecule has 3 N–H and O–H groups in total. The monoisotopic (exact) mass is 407 g/mol. The number of hydrogen-bond donors (Lipinski definition) is 2. The molecule has 0 spiro atoms. The van der Waals surface area contributed by atoms with Gasteiger partial charge in [-0.05, 0) is 68.9 Å². The molecule has 3 aliphatic rings. The number of ketones is 2. The molecule has 2 fully saturated rings. The molecule has 1 aliphatic heterocycles. The molecular formula is C24H25NO5. The summed E-state index contributed by atoms with van der Waals surface area (Å²) in [6.45, 7) is 3.25. The van der Waals surface area contributed by atoms with Gasteiger partial charge in [0.1, 0.15) is 23.1 Å². The third-order valence-electron chi connectivity index (χ3n) is 6.60. The van der Waals surface area contributed by atoms with Crippen LogP contribution in [0.1, 0.15) is 56.2 Å². The van der Waals surface area contributed by atoms with E-state index in [0.29, 0.717) is 17.9 Å². The Labute approximate surface area is 175 Å². The Morgan fingerprint density at radius 3 is 1.97 bits per heavy atom.